The zero-order chi connectivity index (χ0) is 13.7. The Morgan fingerprint density at radius 3 is 2.84 bits per heavy atom. The summed E-state index contributed by atoms with van der Waals surface area (Å²) in [5.74, 6) is 1.40. The van der Waals surface area contributed by atoms with Gasteiger partial charge in [0.25, 0.3) is 0 Å². The molecule has 0 saturated carbocycles. The lowest BCUT2D eigenvalue weighted by molar-refractivity contribution is 0.952. The maximum absolute atomic E-state index is 4.46. The van der Waals surface area contributed by atoms with Gasteiger partial charge in [-0.25, -0.2) is 4.98 Å². The van der Waals surface area contributed by atoms with E-state index in [4.69, 9.17) is 0 Å². The second-order valence-corrected chi connectivity index (χ2v) is 5.94. The van der Waals surface area contributed by atoms with E-state index in [0.717, 1.165) is 32.5 Å². The number of anilines is 3. The molecule has 0 bridgehead atoms. The first kappa shape index (κ1) is 14.5. The Kier molecular flexibility index (Phi) is 5.38. The van der Waals surface area contributed by atoms with Gasteiger partial charge in [0.1, 0.15) is 5.82 Å². The van der Waals surface area contributed by atoms with Crippen LogP contribution in [0.3, 0.4) is 0 Å². The average molecular weight is 433 g/mol. The minimum Gasteiger partial charge on any atom is -0.354 e. The van der Waals surface area contributed by atoms with Crippen molar-refractivity contribution in [3.63, 3.8) is 0 Å². The number of nitrogens with zero attached hydrogens (tertiary/aromatic N) is 2. The lowest BCUT2D eigenvalue weighted by Crippen LogP contribution is -2.06. The number of rotatable bonds is 5. The van der Waals surface area contributed by atoms with Gasteiger partial charge in [0.15, 0.2) is 0 Å². The number of benzene rings is 1. The Morgan fingerprint density at radius 2 is 2.11 bits per heavy atom. The molecule has 0 atom stereocenters. The van der Waals surface area contributed by atoms with E-state index in [0.29, 0.717) is 5.95 Å². The second-order valence-electron chi connectivity index (χ2n) is 3.92. The van der Waals surface area contributed by atoms with Crippen molar-refractivity contribution in [1.82, 2.24) is 9.97 Å². The minimum atomic E-state index is 0.637. The molecule has 2 N–H and O–H groups in total. The van der Waals surface area contributed by atoms with Crippen molar-refractivity contribution in [2.45, 2.75) is 13.3 Å². The van der Waals surface area contributed by atoms with Crippen LogP contribution in [0.15, 0.2) is 34.9 Å². The Bertz CT molecular complexity index is 562. The summed E-state index contributed by atoms with van der Waals surface area (Å²) in [5.41, 5.74) is 1.03. The van der Waals surface area contributed by atoms with Crippen molar-refractivity contribution in [3.05, 3.63) is 38.5 Å². The summed E-state index contributed by atoms with van der Waals surface area (Å²) in [7, 11) is 0. The van der Waals surface area contributed by atoms with Gasteiger partial charge < -0.3 is 10.6 Å². The fourth-order valence-electron chi connectivity index (χ4n) is 1.47. The molecule has 0 unspecified atom stereocenters. The van der Waals surface area contributed by atoms with Crippen LogP contribution in [0.4, 0.5) is 17.5 Å². The Morgan fingerprint density at radius 1 is 1.32 bits per heavy atom. The molecule has 4 nitrogen and oxygen atoms in total. The van der Waals surface area contributed by atoms with Gasteiger partial charge >= 0.3 is 0 Å². The van der Waals surface area contributed by atoms with E-state index >= 15 is 0 Å². The highest BCUT2D eigenvalue weighted by molar-refractivity contribution is 14.1. The van der Waals surface area contributed by atoms with Gasteiger partial charge in [-0.3, -0.25) is 0 Å². The van der Waals surface area contributed by atoms with Crippen molar-refractivity contribution in [3.8, 4) is 0 Å². The number of para-hydroxylation sites is 1. The van der Waals surface area contributed by atoms with Gasteiger partial charge in [-0.1, -0.05) is 19.1 Å². The highest BCUT2D eigenvalue weighted by Crippen LogP contribution is 2.26. The number of aromatic nitrogens is 2. The molecule has 0 fully saturated rings. The van der Waals surface area contributed by atoms with Gasteiger partial charge in [-0.15, -0.1) is 0 Å². The zero-order valence-corrected chi connectivity index (χ0v) is 14.2. The Hall–Kier alpha value is -0.890. The number of hydrogen-bond acceptors (Lipinski definition) is 4. The molecule has 6 heteroatoms. The van der Waals surface area contributed by atoms with Gasteiger partial charge in [-0.05, 0) is 57.1 Å². The van der Waals surface area contributed by atoms with Crippen LogP contribution in [-0.2, 0) is 0 Å². The quantitative estimate of drug-likeness (QED) is 0.687. The van der Waals surface area contributed by atoms with Crippen LogP contribution in [0.5, 0.6) is 0 Å². The highest BCUT2D eigenvalue weighted by atomic mass is 127. The first-order chi connectivity index (χ1) is 9.20. The Labute approximate surface area is 134 Å². The molecule has 0 saturated heterocycles. The molecular weight excluding hydrogens is 419 g/mol. The van der Waals surface area contributed by atoms with E-state index in [1.807, 2.05) is 24.3 Å². The second kappa shape index (κ2) is 7.04. The smallest absolute Gasteiger partial charge is 0.224 e. The highest BCUT2D eigenvalue weighted by Gasteiger charge is 2.06. The summed E-state index contributed by atoms with van der Waals surface area (Å²) in [6.45, 7) is 2.97. The molecule has 0 spiro atoms. The largest absolute Gasteiger partial charge is 0.354 e. The van der Waals surface area contributed by atoms with Crippen LogP contribution in [-0.4, -0.2) is 16.5 Å². The summed E-state index contributed by atoms with van der Waals surface area (Å²) in [5, 5.41) is 6.49. The maximum Gasteiger partial charge on any atom is 0.224 e. The van der Waals surface area contributed by atoms with E-state index in [-0.39, 0.29) is 0 Å². The number of nitrogens with one attached hydrogen (secondary N) is 2. The van der Waals surface area contributed by atoms with Crippen LogP contribution in [0.2, 0.25) is 0 Å². The molecule has 2 aromatic rings. The van der Waals surface area contributed by atoms with E-state index in [9.17, 15) is 0 Å². The van der Waals surface area contributed by atoms with E-state index in [2.05, 4.69) is 66.0 Å². The molecule has 0 amide bonds. The van der Waals surface area contributed by atoms with Crippen molar-refractivity contribution < 1.29 is 0 Å². The summed E-state index contributed by atoms with van der Waals surface area (Å²) in [4.78, 5) is 8.69. The van der Waals surface area contributed by atoms with Gasteiger partial charge in [0.05, 0.1) is 10.2 Å². The maximum atomic E-state index is 4.46. The molecule has 0 aliphatic carbocycles. The normalized spacial score (nSPS) is 10.3. The van der Waals surface area contributed by atoms with Crippen molar-refractivity contribution in [2.24, 2.45) is 0 Å². The molecule has 0 aliphatic heterocycles. The molecule has 0 radical (unpaired) electrons. The third kappa shape index (κ3) is 4.04. The summed E-state index contributed by atoms with van der Waals surface area (Å²) in [6, 6.07) is 8.08. The van der Waals surface area contributed by atoms with Crippen molar-refractivity contribution in [1.29, 1.82) is 0 Å². The monoisotopic (exact) mass is 432 g/mol. The zero-order valence-electron chi connectivity index (χ0n) is 10.5. The lowest BCUT2D eigenvalue weighted by atomic mass is 10.3. The molecule has 19 heavy (non-hydrogen) atoms. The van der Waals surface area contributed by atoms with E-state index in [1.54, 1.807) is 6.20 Å². The third-order valence-electron chi connectivity index (χ3n) is 2.40. The van der Waals surface area contributed by atoms with Crippen molar-refractivity contribution in [2.75, 3.05) is 17.2 Å². The predicted octanol–water partition coefficient (Wildman–Crippen LogP) is 4.41. The SMILES string of the molecule is CCCNc1ncc(Br)c(Nc2ccccc2I)n1. The summed E-state index contributed by atoms with van der Waals surface area (Å²) in [6.07, 6.45) is 2.79. The van der Waals surface area contributed by atoms with Crippen LogP contribution >= 0.6 is 38.5 Å². The number of hydrogen-bond donors (Lipinski definition) is 2. The molecule has 1 heterocycles. The minimum absolute atomic E-state index is 0.637. The molecular formula is C13H14BrIN4. The third-order valence-corrected chi connectivity index (χ3v) is 3.93. The molecule has 0 aliphatic rings. The first-order valence-electron chi connectivity index (χ1n) is 5.98. The average Bonchev–Trinajstić information content (AvgIpc) is 2.42. The fourth-order valence-corrected chi connectivity index (χ4v) is 2.28. The molecule has 1 aromatic heterocycles. The molecule has 100 valence electrons. The lowest BCUT2D eigenvalue weighted by Gasteiger charge is -2.11. The number of halogens is 2. The van der Waals surface area contributed by atoms with Crippen LogP contribution in [0, 0.1) is 3.57 Å². The van der Waals surface area contributed by atoms with E-state index < -0.39 is 0 Å². The fraction of sp³-hybridized carbons (Fsp3) is 0.231. The summed E-state index contributed by atoms with van der Waals surface area (Å²) < 4.78 is 1.99. The van der Waals surface area contributed by atoms with E-state index in [1.165, 1.54) is 0 Å². The first-order valence-corrected chi connectivity index (χ1v) is 7.86. The molecule has 2 rings (SSSR count). The predicted molar refractivity (Wildman–Crippen MR) is 91.0 cm³/mol. The summed E-state index contributed by atoms with van der Waals surface area (Å²) >= 11 is 5.76. The van der Waals surface area contributed by atoms with Gasteiger partial charge in [0.2, 0.25) is 5.95 Å². The van der Waals surface area contributed by atoms with Gasteiger partial charge in [-0.2, -0.15) is 4.98 Å². The topological polar surface area (TPSA) is 49.8 Å². The Balaban J connectivity index is 2.21. The van der Waals surface area contributed by atoms with Crippen LogP contribution in [0.1, 0.15) is 13.3 Å². The van der Waals surface area contributed by atoms with Gasteiger partial charge in [0, 0.05) is 16.3 Å². The van der Waals surface area contributed by atoms with Crippen LogP contribution < -0.4 is 10.6 Å². The van der Waals surface area contributed by atoms with Crippen LogP contribution in [0.25, 0.3) is 0 Å². The standard InChI is InChI=1S/C13H14BrIN4/c1-2-7-16-13-17-8-9(14)12(19-13)18-11-6-4-3-5-10(11)15/h3-6,8H,2,7H2,1H3,(H2,16,17,18,19). The molecule has 1 aromatic carbocycles. The van der Waals surface area contributed by atoms with Crippen molar-refractivity contribution >= 4 is 56.0 Å².